The first-order valence-corrected chi connectivity index (χ1v) is 4.44. The first-order chi connectivity index (χ1) is 6.06. The molecule has 0 aliphatic heterocycles. The molecule has 13 heavy (non-hydrogen) atoms. The van der Waals surface area contributed by atoms with Crippen molar-refractivity contribution in [2.45, 2.75) is 13.8 Å². The number of halogens is 1. The molecule has 1 rings (SSSR count). The van der Waals surface area contributed by atoms with E-state index >= 15 is 0 Å². The van der Waals surface area contributed by atoms with E-state index in [1.54, 1.807) is 7.11 Å². The molecule has 0 saturated heterocycles. The number of hydrogen-bond donors (Lipinski definition) is 0. The summed E-state index contributed by atoms with van der Waals surface area (Å²) in [6.07, 6.45) is 0. The van der Waals surface area contributed by atoms with Gasteiger partial charge in [0.05, 0.1) is 7.11 Å². The Labute approximate surface area is 84.0 Å². The highest BCUT2D eigenvalue weighted by molar-refractivity contribution is 6.48. The van der Waals surface area contributed by atoms with Gasteiger partial charge in [-0.25, -0.2) is 0 Å². The summed E-state index contributed by atoms with van der Waals surface area (Å²) in [6, 6.07) is 3.91. The summed E-state index contributed by atoms with van der Waals surface area (Å²) >= 11 is 5.87. The van der Waals surface area contributed by atoms with Crippen LogP contribution in [-0.2, 0) is 0 Å². The lowest BCUT2D eigenvalue weighted by Gasteiger charge is -2.10. The summed E-state index contributed by atoms with van der Waals surface area (Å²) in [7, 11) is 1.66. The molecule has 0 atom stereocenters. The molecule has 0 N–H and O–H groups in total. The summed E-state index contributed by atoms with van der Waals surface area (Å²) in [5.74, 6) is 0.858. The molecule has 0 fully saturated rings. The molecule has 0 aliphatic rings. The molecule has 0 aromatic heterocycles. The maximum atomic E-state index is 5.87. The van der Waals surface area contributed by atoms with Crippen molar-refractivity contribution in [1.29, 1.82) is 0 Å². The largest absolute Gasteiger partial charge is 0.497 e. The molecular weight excluding hydrogens is 184 g/mol. The standard InChI is InChI=1S/C11H13ClO/c1-7-5-10(13-4)6-8(2)11(7)9(3)12/h5-6H,3H2,1-2,4H3. The van der Waals surface area contributed by atoms with E-state index in [9.17, 15) is 0 Å². The third-order valence-electron chi connectivity index (χ3n) is 2.01. The predicted molar refractivity (Wildman–Crippen MR) is 57.4 cm³/mol. The van der Waals surface area contributed by atoms with Crippen LogP contribution in [0.2, 0.25) is 0 Å². The lowest BCUT2D eigenvalue weighted by Crippen LogP contribution is -1.92. The third-order valence-corrected chi connectivity index (χ3v) is 2.20. The van der Waals surface area contributed by atoms with Crippen LogP contribution in [0.3, 0.4) is 0 Å². The number of hydrogen-bond acceptors (Lipinski definition) is 1. The first-order valence-electron chi connectivity index (χ1n) is 4.06. The molecule has 0 aliphatic carbocycles. The van der Waals surface area contributed by atoms with Crippen LogP contribution in [0.4, 0.5) is 0 Å². The van der Waals surface area contributed by atoms with E-state index in [1.165, 1.54) is 0 Å². The smallest absolute Gasteiger partial charge is 0.119 e. The van der Waals surface area contributed by atoms with Crippen LogP contribution in [0.15, 0.2) is 18.7 Å². The lowest BCUT2D eigenvalue weighted by molar-refractivity contribution is 0.414. The minimum Gasteiger partial charge on any atom is -0.497 e. The third kappa shape index (κ3) is 2.04. The van der Waals surface area contributed by atoms with Crippen molar-refractivity contribution in [2.75, 3.05) is 7.11 Å². The lowest BCUT2D eigenvalue weighted by atomic mass is 10.0. The Balaban J connectivity index is 3.31. The Kier molecular flexibility index (Phi) is 2.99. The molecular formula is C11H13ClO. The SMILES string of the molecule is C=C(Cl)c1c(C)cc(OC)cc1C. The summed E-state index contributed by atoms with van der Waals surface area (Å²) in [5, 5.41) is 0.581. The average Bonchev–Trinajstić information content (AvgIpc) is 2.02. The minimum atomic E-state index is 0.581. The van der Waals surface area contributed by atoms with E-state index in [4.69, 9.17) is 16.3 Å². The number of aryl methyl sites for hydroxylation is 2. The van der Waals surface area contributed by atoms with Crippen LogP contribution in [0.1, 0.15) is 16.7 Å². The molecule has 1 aromatic rings. The van der Waals surface area contributed by atoms with Crippen LogP contribution < -0.4 is 4.74 Å². The predicted octanol–water partition coefficient (Wildman–Crippen LogP) is 3.52. The van der Waals surface area contributed by atoms with Crippen molar-refractivity contribution in [3.8, 4) is 5.75 Å². The first kappa shape index (κ1) is 10.1. The van der Waals surface area contributed by atoms with Crippen LogP contribution >= 0.6 is 11.6 Å². The molecule has 0 spiro atoms. The summed E-state index contributed by atoms with van der Waals surface area (Å²) in [5.41, 5.74) is 3.20. The van der Waals surface area contributed by atoms with Gasteiger partial charge in [0.25, 0.3) is 0 Å². The minimum absolute atomic E-state index is 0.581. The molecule has 2 heteroatoms. The topological polar surface area (TPSA) is 9.23 Å². The molecule has 0 amide bonds. The number of methoxy groups -OCH3 is 1. The van der Waals surface area contributed by atoms with E-state index in [1.807, 2.05) is 26.0 Å². The van der Waals surface area contributed by atoms with Crippen molar-refractivity contribution < 1.29 is 4.74 Å². The van der Waals surface area contributed by atoms with Gasteiger partial charge in [-0.2, -0.15) is 0 Å². The second kappa shape index (κ2) is 3.84. The molecule has 1 aromatic carbocycles. The Hall–Kier alpha value is -0.950. The molecule has 0 radical (unpaired) electrons. The molecule has 0 heterocycles. The fourth-order valence-electron chi connectivity index (χ4n) is 1.47. The van der Waals surface area contributed by atoms with Crippen molar-refractivity contribution in [3.63, 3.8) is 0 Å². The van der Waals surface area contributed by atoms with Gasteiger partial charge in [0, 0.05) is 5.03 Å². The van der Waals surface area contributed by atoms with Crippen molar-refractivity contribution in [2.24, 2.45) is 0 Å². The van der Waals surface area contributed by atoms with Crippen LogP contribution in [0.25, 0.3) is 5.03 Å². The van der Waals surface area contributed by atoms with Crippen LogP contribution in [-0.4, -0.2) is 7.11 Å². The summed E-state index contributed by atoms with van der Waals surface area (Å²) < 4.78 is 5.14. The number of benzene rings is 1. The fraction of sp³-hybridized carbons (Fsp3) is 0.273. The Morgan fingerprint density at radius 1 is 1.31 bits per heavy atom. The van der Waals surface area contributed by atoms with Crippen molar-refractivity contribution in [3.05, 3.63) is 35.4 Å². The summed E-state index contributed by atoms with van der Waals surface area (Å²) in [4.78, 5) is 0. The van der Waals surface area contributed by atoms with Gasteiger partial charge in [0.15, 0.2) is 0 Å². The Morgan fingerprint density at radius 3 is 2.08 bits per heavy atom. The molecule has 1 nitrogen and oxygen atoms in total. The molecule has 0 unspecified atom stereocenters. The number of ether oxygens (including phenoxy) is 1. The zero-order valence-electron chi connectivity index (χ0n) is 8.15. The van der Waals surface area contributed by atoms with E-state index in [-0.39, 0.29) is 0 Å². The summed E-state index contributed by atoms with van der Waals surface area (Å²) in [6.45, 7) is 7.72. The van der Waals surface area contributed by atoms with Gasteiger partial charge in [-0.3, -0.25) is 0 Å². The van der Waals surface area contributed by atoms with Gasteiger partial charge in [0.1, 0.15) is 5.75 Å². The van der Waals surface area contributed by atoms with Gasteiger partial charge >= 0.3 is 0 Å². The Bertz CT molecular complexity index is 319. The van der Waals surface area contributed by atoms with Crippen molar-refractivity contribution in [1.82, 2.24) is 0 Å². The highest BCUT2D eigenvalue weighted by Gasteiger charge is 2.06. The van der Waals surface area contributed by atoms with E-state index in [0.717, 1.165) is 22.4 Å². The quantitative estimate of drug-likeness (QED) is 0.703. The molecule has 0 bridgehead atoms. The van der Waals surface area contributed by atoms with E-state index in [0.29, 0.717) is 5.03 Å². The van der Waals surface area contributed by atoms with Gasteiger partial charge in [-0.15, -0.1) is 0 Å². The van der Waals surface area contributed by atoms with Crippen molar-refractivity contribution >= 4 is 16.6 Å². The van der Waals surface area contributed by atoms with Gasteiger partial charge in [0.2, 0.25) is 0 Å². The second-order valence-corrected chi connectivity index (χ2v) is 3.50. The zero-order chi connectivity index (χ0) is 10.0. The highest BCUT2D eigenvalue weighted by Crippen LogP contribution is 2.28. The molecule has 0 saturated carbocycles. The maximum Gasteiger partial charge on any atom is 0.119 e. The highest BCUT2D eigenvalue weighted by atomic mass is 35.5. The Morgan fingerprint density at radius 2 is 1.77 bits per heavy atom. The van der Waals surface area contributed by atoms with E-state index in [2.05, 4.69) is 6.58 Å². The van der Waals surface area contributed by atoms with Crippen LogP contribution in [0.5, 0.6) is 5.75 Å². The zero-order valence-corrected chi connectivity index (χ0v) is 8.90. The van der Waals surface area contributed by atoms with E-state index < -0.39 is 0 Å². The second-order valence-electron chi connectivity index (χ2n) is 3.04. The average molecular weight is 197 g/mol. The van der Waals surface area contributed by atoms with Gasteiger partial charge in [-0.1, -0.05) is 18.2 Å². The molecule has 70 valence electrons. The monoisotopic (exact) mass is 196 g/mol. The van der Waals surface area contributed by atoms with Gasteiger partial charge < -0.3 is 4.74 Å². The van der Waals surface area contributed by atoms with Crippen LogP contribution in [0, 0.1) is 13.8 Å². The fourth-order valence-corrected chi connectivity index (χ4v) is 1.77. The maximum absolute atomic E-state index is 5.87. The van der Waals surface area contributed by atoms with Gasteiger partial charge in [-0.05, 0) is 42.7 Å². The number of rotatable bonds is 2. The normalized spacial score (nSPS) is 9.85.